The first kappa shape index (κ1) is 15.6. The van der Waals surface area contributed by atoms with Crippen LogP contribution in [0.15, 0.2) is 51.7 Å². The van der Waals surface area contributed by atoms with Gasteiger partial charge in [-0.05, 0) is 40.2 Å². The Hall–Kier alpha value is -2.34. The molecule has 0 fully saturated rings. The zero-order chi connectivity index (χ0) is 16.4. The maximum atomic E-state index is 12.7. The van der Waals surface area contributed by atoms with Crippen LogP contribution in [0.5, 0.6) is 5.75 Å². The van der Waals surface area contributed by atoms with Crippen LogP contribution in [-0.2, 0) is 6.54 Å². The van der Waals surface area contributed by atoms with Crippen molar-refractivity contribution in [1.29, 1.82) is 0 Å². The van der Waals surface area contributed by atoms with Crippen LogP contribution in [0.4, 0.5) is 0 Å². The van der Waals surface area contributed by atoms with Gasteiger partial charge in [-0.15, -0.1) is 0 Å². The van der Waals surface area contributed by atoms with Crippen LogP contribution in [0.3, 0.4) is 0 Å². The summed E-state index contributed by atoms with van der Waals surface area (Å²) in [5.74, 6) is 0.481. The SMILES string of the molecule is COc1cc(C(=O)N(C)Cc2ccccn2)cc2oc(Br)cc12. The summed E-state index contributed by atoms with van der Waals surface area (Å²) in [6.45, 7) is 0.432. The summed E-state index contributed by atoms with van der Waals surface area (Å²) in [5.41, 5.74) is 1.94. The van der Waals surface area contributed by atoms with Crippen LogP contribution in [0.2, 0.25) is 0 Å². The van der Waals surface area contributed by atoms with Crippen molar-refractivity contribution in [1.82, 2.24) is 9.88 Å². The Labute approximate surface area is 142 Å². The topological polar surface area (TPSA) is 55.6 Å². The van der Waals surface area contributed by atoms with Crippen LogP contribution in [-0.4, -0.2) is 29.9 Å². The lowest BCUT2D eigenvalue weighted by molar-refractivity contribution is 0.0783. The van der Waals surface area contributed by atoms with Crippen molar-refractivity contribution in [2.24, 2.45) is 0 Å². The number of furan rings is 1. The lowest BCUT2D eigenvalue weighted by Gasteiger charge is -2.17. The summed E-state index contributed by atoms with van der Waals surface area (Å²) in [5, 5.41) is 0.823. The molecule has 0 aliphatic heterocycles. The van der Waals surface area contributed by atoms with E-state index in [1.165, 1.54) is 0 Å². The number of methoxy groups -OCH3 is 1. The quantitative estimate of drug-likeness (QED) is 0.695. The predicted molar refractivity (Wildman–Crippen MR) is 90.5 cm³/mol. The molecular formula is C17H15BrN2O3. The van der Waals surface area contributed by atoms with Crippen molar-refractivity contribution in [3.05, 3.63) is 58.5 Å². The number of carbonyl (C=O) groups excluding carboxylic acids is 1. The fraction of sp³-hybridized carbons (Fsp3) is 0.176. The molecule has 0 saturated carbocycles. The van der Waals surface area contributed by atoms with Gasteiger partial charge in [0, 0.05) is 24.9 Å². The smallest absolute Gasteiger partial charge is 0.254 e. The summed E-state index contributed by atoms with van der Waals surface area (Å²) >= 11 is 3.30. The average molecular weight is 375 g/mol. The van der Waals surface area contributed by atoms with Gasteiger partial charge in [0.1, 0.15) is 11.3 Å². The molecule has 118 valence electrons. The molecule has 0 bridgehead atoms. The highest BCUT2D eigenvalue weighted by Crippen LogP contribution is 2.32. The predicted octanol–water partition coefficient (Wildman–Crippen LogP) is 3.87. The highest BCUT2D eigenvalue weighted by atomic mass is 79.9. The molecule has 0 aliphatic rings. The largest absolute Gasteiger partial charge is 0.496 e. The summed E-state index contributed by atoms with van der Waals surface area (Å²) < 4.78 is 11.5. The van der Waals surface area contributed by atoms with E-state index in [9.17, 15) is 4.79 Å². The Balaban J connectivity index is 1.91. The Bertz CT molecular complexity index is 846. The van der Waals surface area contributed by atoms with Crippen molar-refractivity contribution in [2.75, 3.05) is 14.2 Å². The van der Waals surface area contributed by atoms with E-state index in [2.05, 4.69) is 20.9 Å². The van der Waals surface area contributed by atoms with Crippen LogP contribution in [0.25, 0.3) is 11.0 Å². The van der Waals surface area contributed by atoms with Gasteiger partial charge in [-0.3, -0.25) is 9.78 Å². The summed E-state index contributed by atoms with van der Waals surface area (Å²) in [4.78, 5) is 18.5. The molecule has 0 atom stereocenters. The van der Waals surface area contributed by atoms with Gasteiger partial charge in [0.15, 0.2) is 4.67 Å². The second kappa shape index (κ2) is 6.42. The zero-order valence-corrected chi connectivity index (χ0v) is 14.3. The second-order valence-electron chi connectivity index (χ2n) is 5.12. The number of benzene rings is 1. The zero-order valence-electron chi connectivity index (χ0n) is 12.7. The van der Waals surface area contributed by atoms with Crippen molar-refractivity contribution in [3.8, 4) is 5.75 Å². The molecule has 1 aromatic carbocycles. The molecule has 0 spiro atoms. The first-order valence-corrected chi connectivity index (χ1v) is 7.80. The van der Waals surface area contributed by atoms with Gasteiger partial charge < -0.3 is 14.1 Å². The van der Waals surface area contributed by atoms with Crippen LogP contribution in [0.1, 0.15) is 16.1 Å². The number of halogens is 1. The first-order valence-electron chi connectivity index (χ1n) is 7.01. The number of rotatable bonds is 4. The van der Waals surface area contributed by atoms with E-state index in [-0.39, 0.29) is 5.91 Å². The van der Waals surface area contributed by atoms with E-state index in [1.54, 1.807) is 37.4 Å². The minimum absolute atomic E-state index is 0.122. The standard InChI is InChI=1S/C17H15BrN2O3/c1-20(10-12-5-3-4-6-19-12)17(21)11-7-14(22-2)13-9-16(18)23-15(13)8-11/h3-9H,10H2,1-2H3. The Morgan fingerprint density at radius 1 is 1.35 bits per heavy atom. The average Bonchev–Trinajstić information content (AvgIpc) is 2.94. The second-order valence-corrected chi connectivity index (χ2v) is 5.90. The monoisotopic (exact) mass is 374 g/mol. The van der Waals surface area contributed by atoms with Crippen molar-refractivity contribution in [2.45, 2.75) is 6.54 Å². The number of hydrogen-bond donors (Lipinski definition) is 0. The third-order valence-corrected chi connectivity index (χ3v) is 3.90. The Morgan fingerprint density at radius 3 is 2.87 bits per heavy atom. The fourth-order valence-corrected chi connectivity index (χ4v) is 2.80. The maximum Gasteiger partial charge on any atom is 0.254 e. The van der Waals surface area contributed by atoms with Crippen molar-refractivity contribution >= 4 is 32.8 Å². The highest BCUT2D eigenvalue weighted by molar-refractivity contribution is 9.10. The third kappa shape index (κ3) is 3.22. The molecule has 3 rings (SSSR count). The molecule has 5 nitrogen and oxygen atoms in total. The molecule has 2 heterocycles. The fourth-order valence-electron chi connectivity index (χ4n) is 2.39. The third-order valence-electron chi connectivity index (χ3n) is 3.51. The number of ether oxygens (including phenoxy) is 1. The number of fused-ring (bicyclic) bond motifs is 1. The Morgan fingerprint density at radius 2 is 2.17 bits per heavy atom. The molecule has 1 amide bonds. The molecule has 0 N–H and O–H groups in total. The summed E-state index contributed by atoms with van der Waals surface area (Å²) in [7, 11) is 3.31. The van der Waals surface area contributed by atoms with E-state index in [0.29, 0.717) is 28.1 Å². The number of pyridine rings is 1. The van der Waals surface area contributed by atoms with E-state index < -0.39 is 0 Å². The number of carbonyl (C=O) groups is 1. The molecule has 2 aromatic heterocycles. The molecule has 0 saturated heterocycles. The molecule has 0 radical (unpaired) electrons. The van der Waals surface area contributed by atoms with Gasteiger partial charge >= 0.3 is 0 Å². The number of nitrogens with zero attached hydrogens (tertiary/aromatic N) is 2. The van der Waals surface area contributed by atoms with Gasteiger partial charge in [-0.2, -0.15) is 0 Å². The van der Waals surface area contributed by atoms with E-state index >= 15 is 0 Å². The van der Waals surface area contributed by atoms with E-state index in [1.807, 2.05) is 24.3 Å². The van der Waals surface area contributed by atoms with E-state index in [4.69, 9.17) is 9.15 Å². The van der Waals surface area contributed by atoms with Crippen LogP contribution >= 0.6 is 15.9 Å². The lowest BCUT2D eigenvalue weighted by Crippen LogP contribution is -2.26. The van der Waals surface area contributed by atoms with Gasteiger partial charge in [0.05, 0.1) is 24.7 Å². The van der Waals surface area contributed by atoms with Crippen molar-refractivity contribution < 1.29 is 13.9 Å². The molecule has 23 heavy (non-hydrogen) atoms. The van der Waals surface area contributed by atoms with Gasteiger partial charge in [-0.1, -0.05) is 6.07 Å². The maximum absolute atomic E-state index is 12.7. The molecular weight excluding hydrogens is 360 g/mol. The van der Waals surface area contributed by atoms with Crippen molar-refractivity contribution in [3.63, 3.8) is 0 Å². The number of amides is 1. The van der Waals surface area contributed by atoms with Gasteiger partial charge in [0.2, 0.25) is 0 Å². The normalized spacial score (nSPS) is 10.7. The minimum atomic E-state index is -0.122. The Kier molecular flexibility index (Phi) is 4.34. The van der Waals surface area contributed by atoms with Gasteiger partial charge in [-0.25, -0.2) is 0 Å². The first-order chi connectivity index (χ1) is 11.1. The lowest BCUT2D eigenvalue weighted by atomic mass is 10.1. The minimum Gasteiger partial charge on any atom is -0.496 e. The number of hydrogen-bond acceptors (Lipinski definition) is 4. The highest BCUT2D eigenvalue weighted by Gasteiger charge is 2.17. The molecule has 3 aromatic rings. The molecule has 0 aliphatic carbocycles. The summed E-state index contributed by atoms with van der Waals surface area (Å²) in [6, 6.07) is 10.9. The van der Waals surface area contributed by atoms with Crippen LogP contribution < -0.4 is 4.74 Å². The number of aromatic nitrogens is 1. The summed E-state index contributed by atoms with van der Waals surface area (Å²) in [6.07, 6.45) is 1.71. The van der Waals surface area contributed by atoms with Crippen LogP contribution in [0, 0.1) is 0 Å². The van der Waals surface area contributed by atoms with Gasteiger partial charge in [0.25, 0.3) is 5.91 Å². The molecule has 0 unspecified atom stereocenters. The molecule has 6 heteroatoms. The van der Waals surface area contributed by atoms with E-state index in [0.717, 1.165) is 11.1 Å².